The van der Waals surface area contributed by atoms with Crippen LogP contribution >= 0.6 is 0 Å². The van der Waals surface area contributed by atoms with Gasteiger partial charge in [-0.2, -0.15) is 0 Å². The van der Waals surface area contributed by atoms with Gasteiger partial charge in [-0.1, -0.05) is 6.07 Å². The minimum Gasteiger partial charge on any atom is -0.497 e. The molecule has 0 aliphatic rings. The molecule has 26 heavy (non-hydrogen) atoms. The lowest BCUT2D eigenvalue weighted by Crippen LogP contribution is -2.06. The predicted octanol–water partition coefficient (Wildman–Crippen LogP) is 3.55. The van der Waals surface area contributed by atoms with Gasteiger partial charge in [0.15, 0.2) is 0 Å². The Kier molecular flexibility index (Phi) is 5.48. The molecule has 0 fully saturated rings. The molecule has 134 valence electrons. The van der Waals surface area contributed by atoms with Gasteiger partial charge in [-0.25, -0.2) is 9.97 Å². The maximum absolute atomic E-state index is 5.42. The Morgan fingerprint density at radius 2 is 1.81 bits per heavy atom. The zero-order valence-corrected chi connectivity index (χ0v) is 15.0. The Morgan fingerprint density at radius 1 is 0.962 bits per heavy atom. The highest BCUT2D eigenvalue weighted by Gasteiger charge is 2.08. The van der Waals surface area contributed by atoms with Crippen molar-refractivity contribution in [1.82, 2.24) is 15.0 Å². The van der Waals surface area contributed by atoms with Gasteiger partial charge in [-0.3, -0.25) is 4.98 Å². The summed E-state index contributed by atoms with van der Waals surface area (Å²) in [6.07, 6.45) is 1.77. The summed E-state index contributed by atoms with van der Waals surface area (Å²) in [5.41, 5.74) is 1.73. The molecule has 0 saturated carbocycles. The van der Waals surface area contributed by atoms with Crippen molar-refractivity contribution in [3.8, 4) is 11.5 Å². The van der Waals surface area contributed by atoms with Crippen molar-refractivity contribution in [3.63, 3.8) is 0 Å². The fourth-order valence-electron chi connectivity index (χ4n) is 2.45. The molecule has 0 aliphatic carbocycles. The Bertz CT molecular complexity index is 871. The zero-order chi connectivity index (χ0) is 18.4. The van der Waals surface area contributed by atoms with Crippen molar-refractivity contribution in [2.45, 2.75) is 13.5 Å². The quantitative estimate of drug-likeness (QED) is 0.673. The van der Waals surface area contributed by atoms with E-state index in [0.29, 0.717) is 23.9 Å². The van der Waals surface area contributed by atoms with Gasteiger partial charge in [0.2, 0.25) is 0 Å². The third-order valence-corrected chi connectivity index (χ3v) is 3.69. The summed E-state index contributed by atoms with van der Waals surface area (Å²) < 4.78 is 10.6. The summed E-state index contributed by atoms with van der Waals surface area (Å²) in [5.74, 6) is 3.45. The Labute approximate surface area is 152 Å². The third-order valence-electron chi connectivity index (χ3n) is 3.69. The summed E-state index contributed by atoms with van der Waals surface area (Å²) in [7, 11) is 3.24. The van der Waals surface area contributed by atoms with Crippen LogP contribution < -0.4 is 20.1 Å². The van der Waals surface area contributed by atoms with Crippen LogP contribution in [0.25, 0.3) is 0 Å². The smallest absolute Gasteiger partial charge is 0.146 e. The number of benzene rings is 1. The van der Waals surface area contributed by atoms with Crippen LogP contribution in [-0.2, 0) is 6.54 Å². The number of anilines is 3. The van der Waals surface area contributed by atoms with Gasteiger partial charge < -0.3 is 20.1 Å². The van der Waals surface area contributed by atoms with E-state index in [2.05, 4.69) is 25.6 Å². The third kappa shape index (κ3) is 4.38. The summed E-state index contributed by atoms with van der Waals surface area (Å²) in [6.45, 7) is 2.44. The van der Waals surface area contributed by atoms with Gasteiger partial charge in [0.25, 0.3) is 0 Å². The van der Waals surface area contributed by atoms with Gasteiger partial charge in [-0.15, -0.1) is 0 Å². The van der Waals surface area contributed by atoms with E-state index in [9.17, 15) is 0 Å². The second kappa shape index (κ2) is 8.15. The number of pyridine rings is 1. The normalized spacial score (nSPS) is 10.3. The highest BCUT2D eigenvalue weighted by molar-refractivity contribution is 5.67. The first kappa shape index (κ1) is 17.5. The highest BCUT2D eigenvalue weighted by Crippen LogP contribution is 2.31. The molecule has 7 nitrogen and oxygen atoms in total. The molecule has 2 N–H and O–H groups in total. The number of aromatic nitrogens is 3. The number of nitrogens with one attached hydrogen (secondary N) is 2. The van der Waals surface area contributed by atoms with Gasteiger partial charge in [-0.05, 0) is 31.2 Å². The molecule has 0 unspecified atom stereocenters. The second-order valence-electron chi connectivity index (χ2n) is 5.55. The monoisotopic (exact) mass is 351 g/mol. The molecule has 3 rings (SSSR count). The molecule has 0 atom stereocenters. The summed E-state index contributed by atoms with van der Waals surface area (Å²) >= 11 is 0. The molecular formula is C19H21N5O2. The van der Waals surface area contributed by atoms with Crippen molar-refractivity contribution >= 4 is 17.3 Å². The van der Waals surface area contributed by atoms with Crippen LogP contribution in [0, 0.1) is 6.92 Å². The Morgan fingerprint density at radius 3 is 2.54 bits per heavy atom. The van der Waals surface area contributed by atoms with Crippen molar-refractivity contribution in [1.29, 1.82) is 0 Å². The molecule has 0 spiro atoms. The second-order valence-corrected chi connectivity index (χ2v) is 5.55. The van der Waals surface area contributed by atoms with Crippen molar-refractivity contribution in [2.75, 3.05) is 24.9 Å². The molecule has 2 heterocycles. The van der Waals surface area contributed by atoms with E-state index in [1.54, 1.807) is 20.4 Å². The van der Waals surface area contributed by atoms with E-state index in [4.69, 9.17) is 9.47 Å². The van der Waals surface area contributed by atoms with Crippen molar-refractivity contribution < 1.29 is 9.47 Å². The standard InChI is InChI=1S/C19H21N5O2/c1-13-22-18(21-12-14-6-4-5-9-20-14)11-19(23-13)24-16-8-7-15(25-2)10-17(16)26-3/h4-11H,12H2,1-3H3,(H2,21,22,23,24). The number of rotatable bonds is 7. The first-order chi connectivity index (χ1) is 12.7. The van der Waals surface area contributed by atoms with E-state index in [-0.39, 0.29) is 0 Å². The lowest BCUT2D eigenvalue weighted by Gasteiger charge is -2.13. The summed E-state index contributed by atoms with van der Waals surface area (Å²) in [5, 5.41) is 6.54. The van der Waals surface area contributed by atoms with Crippen LogP contribution in [0.3, 0.4) is 0 Å². The minimum absolute atomic E-state index is 0.586. The lowest BCUT2D eigenvalue weighted by atomic mass is 10.2. The van der Waals surface area contributed by atoms with Crippen LogP contribution in [0.1, 0.15) is 11.5 Å². The van der Waals surface area contributed by atoms with E-state index in [1.165, 1.54) is 0 Å². The minimum atomic E-state index is 0.586. The van der Waals surface area contributed by atoms with E-state index >= 15 is 0 Å². The Balaban J connectivity index is 1.77. The fourth-order valence-corrected chi connectivity index (χ4v) is 2.45. The molecule has 7 heteroatoms. The topological polar surface area (TPSA) is 81.2 Å². The van der Waals surface area contributed by atoms with Gasteiger partial charge >= 0.3 is 0 Å². The predicted molar refractivity (Wildman–Crippen MR) is 101 cm³/mol. The van der Waals surface area contributed by atoms with Crippen LogP contribution in [-0.4, -0.2) is 29.2 Å². The first-order valence-electron chi connectivity index (χ1n) is 8.16. The highest BCUT2D eigenvalue weighted by atomic mass is 16.5. The maximum atomic E-state index is 5.42. The maximum Gasteiger partial charge on any atom is 0.146 e. The number of ether oxygens (including phenoxy) is 2. The number of aryl methyl sites for hydroxylation is 1. The average molecular weight is 351 g/mol. The molecule has 0 radical (unpaired) electrons. The van der Waals surface area contributed by atoms with Gasteiger partial charge in [0.1, 0.15) is 29.0 Å². The van der Waals surface area contributed by atoms with Crippen LogP contribution in [0.2, 0.25) is 0 Å². The summed E-state index contributed by atoms with van der Waals surface area (Å²) in [6, 6.07) is 13.2. The molecular weight excluding hydrogens is 330 g/mol. The van der Waals surface area contributed by atoms with Gasteiger partial charge in [0, 0.05) is 18.3 Å². The number of hydrogen-bond donors (Lipinski definition) is 2. The zero-order valence-electron chi connectivity index (χ0n) is 15.0. The Hall–Kier alpha value is -3.35. The number of hydrogen-bond acceptors (Lipinski definition) is 7. The SMILES string of the molecule is COc1ccc(Nc2cc(NCc3ccccn3)nc(C)n2)c(OC)c1. The van der Waals surface area contributed by atoms with Crippen molar-refractivity contribution in [3.05, 3.63) is 60.2 Å². The first-order valence-corrected chi connectivity index (χ1v) is 8.16. The van der Waals surface area contributed by atoms with Gasteiger partial charge in [0.05, 0.1) is 32.1 Å². The van der Waals surface area contributed by atoms with Crippen LogP contribution in [0.4, 0.5) is 17.3 Å². The van der Waals surface area contributed by atoms with Crippen LogP contribution in [0.15, 0.2) is 48.7 Å². The van der Waals surface area contributed by atoms with Crippen LogP contribution in [0.5, 0.6) is 11.5 Å². The molecule has 0 saturated heterocycles. The number of nitrogens with zero attached hydrogens (tertiary/aromatic N) is 3. The molecule has 2 aromatic heterocycles. The van der Waals surface area contributed by atoms with E-state index in [1.807, 2.05) is 49.4 Å². The molecule has 1 aromatic carbocycles. The van der Waals surface area contributed by atoms with E-state index < -0.39 is 0 Å². The average Bonchev–Trinajstić information content (AvgIpc) is 2.67. The van der Waals surface area contributed by atoms with E-state index in [0.717, 1.165) is 22.9 Å². The van der Waals surface area contributed by atoms with Crippen molar-refractivity contribution in [2.24, 2.45) is 0 Å². The molecule has 0 bridgehead atoms. The molecule has 0 aliphatic heterocycles. The fraction of sp³-hybridized carbons (Fsp3) is 0.211. The molecule has 3 aromatic rings. The largest absolute Gasteiger partial charge is 0.497 e. The molecule has 0 amide bonds. The summed E-state index contributed by atoms with van der Waals surface area (Å²) in [4.78, 5) is 13.2. The number of methoxy groups -OCH3 is 2. The lowest BCUT2D eigenvalue weighted by molar-refractivity contribution is 0.395.